The summed E-state index contributed by atoms with van der Waals surface area (Å²) in [5.74, 6) is -0.0948. The molecule has 0 heterocycles. The van der Waals surface area contributed by atoms with Crippen LogP contribution in [0.1, 0.15) is 24.8 Å². The molecule has 0 bridgehead atoms. The van der Waals surface area contributed by atoms with Gasteiger partial charge in [0.2, 0.25) is 0 Å². The molecular weight excluding hydrogens is 350 g/mol. The van der Waals surface area contributed by atoms with Crippen molar-refractivity contribution in [2.24, 2.45) is 0 Å². The first kappa shape index (κ1) is 22.4. The lowest BCUT2D eigenvalue weighted by Gasteiger charge is -2.28. The van der Waals surface area contributed by atoms with E-state index < -0.39 is 6.10 Å². The van der Waals surface area contributed by atoms with Gasteiger partial charge in [0.05, 0.1) is 18.1 Å². The second kappa shape index (κ2) is 12.7. The van der Waals surface area contributed by atoms with Gasteiger partial charge in [-0.25, -0.2) is 0 Å². The highest BCUT2D eigenvalue weighted by Gasteiger charge is 2.27. The molecule has 1 aromatic carbocycles. The Bertz CT molecular complexity index is 547. The molecule has 0 aromatic heterocycles. The van der Waals surface area contributed by atoms with Crippen molar-refractivity contribution in [1.29, 1.82) is 0 Å². The van der Waals surface area contributed by atoms with Gasteiger partial charge in [-0.15, -0.1) is 24.8 Å². The van der Waals surface area contributed by atoms with E-state index in [2.05, 4.69) is 13.2 Å². The molecule has 1 amide bonds. The first-order chi connectivity index (χ1) is 12.5. The number of amides is 1. The van der Waals surface area contributed by atoms with E-state index in [-0.39, 0.29) is 17.4 Å². The maximum Gasteiger partial charge on any atom is 0.251 e. The average molecular weight is 380 g/mol. The van der Waals surface area contributed by atoms with Gasteiger partial charge in [-0.3, -0.25) is 4.79 Å². The Labute approximate surface area is 162 Å². The van der Waals surface area contributed by atoms with Crippen LogP contribution in [0.25, 0.3) is 0 Å². The smallest absolute Gasteiger partial charge is 0.251 e. The number of alkyl halides is 1. The molecule has 0 spiro atoms. The molecule has 0 N–H and O–H groups in total. The number of carbonyl (C=O) groups excluding carboxylic acids is 1. The molecule has 0 aliphatic heterocycles. The van der Waals surface area contributed by atoms with Gasteiger partial charge < -0.3 is 14.4 Å². The summed E-state index contributed by atoms with van der Waals surface area (Å²) in [7, 11) is 3.42. The van der Waals surface area contributed by atoms with Crippen LogP contribution in [-0.4, -0.2) is 49.1 Å². The van der Waals surface area contributed by atoms with Crippen LogP contribution in [0.2, 0.25) is 0 Å². The van der Waals surface area contributed by atoms with E-state index in [1.54, 1.807) is 26.2 Å². The monoisotopic (exact) mass is 379 g/mol. The summed E-state index contributed by atoms with van der Waals surface area (Å²) in [5, 5.41) is -0.268. The van der Waals surface area contributed by atoms with Crippen molar-refractivity contribution in [2.75, 3.05) is 20.7 Å². The Kier molecular flexibility index (Phi) is 10.9. The van der Waals surface area contributed by atoms with Gasteiger partial charge in [-0.05, 0) is 18.4 Å². The van der Waals surface area contributed by atoms with Crippen LogP contribution < -0.4 is 0 Å². The summed E-state index contributed by atoms with van der Waals surface area (Å²) < 4.78 is 11.8. The zero-order valence-electron chi connectivity index (χ0n) is 15.8. The number of nitrogens with zero attached hydrogens (tertiary/aromatic N) is 1. The van der Waals surface area contributed by atoms with Crippen molar-refractivity contribution >= 4 is 17.5 Å². The van der Waals surface area contributed by atoms with Crippen molar-refractivity contribution < 1.29 is 14.3 Å². The first-order valence-electron chi connectivity index (χ1n) is 8.83. The van der Waals surface area contributed by atoms with Crippen LogP contribution in [-0.2, 0) is 20.9 Å². The maximum absolute atomic E-state index is 12.3. The van der Waals surface area contributed by atoms with Gasteiger partial charge in [0, 0.05) is 27.1 Å². The number of ether oxygens (including phenoxy) is 2. The highest BCUT2D eigenvalue weighted by atomic mass is 35.5. The number of benzene rings is 1. The molecule has 0 fully saturated rings. The number of hydrogen-bond acceptors (Lipinski definition) is 3. The standard InChI is InChI=1S/C21H30ClNO3/c1-5-10-18(22)19(26-20(11-6-2)21(24)23(3)4)14-15-25-16-17-12-8-7-9-13-17/h5-9,12-13,18-20H,1-2,10-11,14-16H2,3-4H3/t18-,19-,20+/m0/s1. The van der Waals surface area contributed by atoms with Crippen molar-refractivity contribution in [3.05, 3.63) is 61.2 Å². The fraction of sp³-hybridized carbons (Fsp3) is 0.476. The van der Waals surface area contributed by atoms with Gasteiger partial charge in [0.15, 0.2) is 0 Å². The zero-order valence-corrected chi connectivity index (χ0v) is 16.5. The topological polar surface area (TPSA) is 38.8 Å². The van der Waals surface area contributed by atoms with Gasteiger partial charge in [-0.2, -0.15) is 0 Å². The van der Waals surface area contributed by atoms with Crippen LogP contribution in [0.3, 0.4) is 0 Å². The third-order valence-corrected chi connectivity index (χ3v) is 4.35. The van der Waals surface area contributed by atoms with Crippen LogP contribution in [0.5, 0.6) is 0 Å². The minimum absolute atomic E-state index is 0.0948. The second-order valence-electron chi connectivity index (χ2n) is 6.29. The molecule has 26 heavy (non-hydrogen) atoms. The minimum Gasteiger partial charge on any atom is -0.377 e. The highest BCUT2D eigenvalue weighted by Crippen LogP contribution is 2.20. The molecule has 1 aromatic rings. The van der Waals surface area contributed by atoms with Crippen molar-refractivity contribution in [1.82, 2.24) is 4.90 Å². The fourth-order valence-corrected chi connectivity index (χ4v) is 2.79. The van der Waals surface area contributed by atoms with E-state index in [9.17, 15) is 4.79 Å². The number of halogens is 1. The Hall–Kier alpha value is -1.62. The van der Waals surface area contributed by atoms with Crippen LogP contribution in [0.15, 0.2) is 55.6 Å². The molecule has 5 heteroatoms. The number of likely N-dealkylation sites (N-methyl/N-ethyl adjacent to an activating group) is 1. The third kappa shape index (κ3) is 8.17. The second-order valence-corrected chi connectivity index (χ2v) is 6.85. The molecule has 0 radical (unpaired) electrons. The summed E-state index contributed by atoms with van der Waals surface area (Å²) >= 11 is 6.47. The Morgan fingerprint density at radius 2 is 1.85 bits per heavy atom. The first-order valence-corrected chi connectivity index (χ1v) is 9.27. The molecule has 144 valence electrons. The number of hydrogen-bond donors (Lipinski definition) is 0. The summed E-state index contributed by atoms with van der Waals surface area (Å²) in [4.78, 5) is 13.8. The molecular formula is C21H30ClNO3. The van der Waals surface area contributed by atoms with Crippen molar-refractivity contribution in [3.8, 4) is 0 Å². The number of rotatable bonds is 13. The summed E-state index contributed by atoms with van der Waals surface area (Å²) in [6.07, 6.45) is 4.19. The third-order valence-electron chi connectivity index (χ3n) is 3.89. The van der Waals surface area contributed by atoms with E-state index >= 15 is 0 Å². The lowest BCUT2D eigenvalue weighted by molar-refractivity contribution is -0.145. The summed E-state index contributed by atoms with van der Waals surface area (Å²) in [6.45, 7) is 8.48. The van der Waals surface area contributed by atoms with Gasteiger partial charge in [-0.1, -0.05) is 42.5 Å². The predicted octanol–water partition coefficient (Wildman–Crippen LogP) is 4.19. The average Bonchev–Trinajstić information content (AvgIpc) is 2.63. The van der Waals surface area contributed by atoms with E-state index in [1.165, 1.54) is 4.90 Å². The Balaban J connectivity index is 2.63. The summed E-state index contributed by atoms with van der Waals surface area (Å²) in [6, 6.07) is 9.98. The van der Waals surface area contributed by atoms with Crippen LogP contribution in [0, 0.1) is 0 Å². The molecule has 0 saturated heterocycles. The van der Waals surface area contributed by atoms with Gasteiger partial charge in [0.1, 0.15) is 6.10 Å². The lowest BCUT2D eigenvalue weighted by Crippen LogP contribution is -2.40. The SMILES string of the molecule is C=CC[C@@H](O[C@@H](CCOCc1ccccc1)[C@@H](Cl)CC=C)C(=O)N(C)C. The lowest BCUT2D eigenvalue weighted by atomic mass is 10.1. The zero-order chi connectivity index (χ0) is 19.4. The Morgan fingerprint density at radius 1 is 1.19 bits per heavy atom. The van der Waals surface area contributed by atoms with E-state index in [1.807, 2.05) is 30.3 Å². The van der Waals surface area contributed by atoms with Gasteiger partial charge in [0.25, 0.3) is 5.91 Å². The fourth-order valence-electron chi connectivity index (χ4n) is 2.47. The summed E-state index contributed by atoms with van der Waals surface area (Å²) in [5.41, 5.74) is 1.12. The molecule has 0 unspecified atom stereocenters. The van der Waals surface area contributed by atoms with Crippen molar-refractivity contribution in [2.45, 2.75) is 43.5 Å². The highest BCUT2D eigenvalue weighted by molar-refractivity contribution is 6.21. The molecule has 1 rings (SSSR count). The molecule has 4 nitrogen and oxygen atoms in total. The number of allylic oxidation sites excluding steroid dienone is 1. The predicted molar refractivity (Wildman–Crippen MR) is 107 cm³/mol. The van der Waals surface area contributed by atoms with Crippen molar-refractivity contribution in [3.63, 3.8) is 0 Å². The van der Waals surface area contributed by atoms with Crippen LogP contribution >= 0.6 is 11.6 Å². The molecule has 0 aliphatic rings. The quantitative estimate of drug-likeness (QED) is 0.293. The number of carbonyl (C=O) groups is 1. The minimum atomic E-state index is -0.590. The maximum atomic E-state index is 12.3. The largest absolute Gasteiger partial charge is 0.377 e. The molecule has 0 saturated carbocycles. The molecule has 0 aliphatic carbocycles. The van der Waals surface area contributed by atoms with E-state index in [0.29, 0.717) is 32.5 Å². The Morgan fingerprint density at radius 3 is 2.42 bits per heavy atom. The molecule has 3 atom stereocenters. The normalized spacial score (nSPS) is 14.3. The van der Waals surface area contributed by atoms with Crippen LogP contribution in [0.4, 0.5) is 0 Å². The van der Waals surface area contributed by atoms with E-state index in [0.717, 1.165) is 5.56 Å². The van der Waals surface area contributed by atoms with Gasteiger partial charge >= 0.3 is 0 Å². The van der Waals surface area contributed by atoms with E-state index in [4.69, 9.17) is 21.1 Å².